The van der Waals surface area contributed by atoms with E-state index in [1.165, 1.54) is 0 Å². The molecule has 0 aromatic heterocycles. The summed E-state index contributed by atoms with van der Waals surface area (Å²) in [5, 5.41) is 0. The number of ketones is 1. The molecule has 1 heterocycles. The number of hydrogen-bond donors (Lipinski definition) is 0. The topological polar surface area (TPSA) is 78.9 Å². The lowest BCUT2D eigenvalue weighted by Gasteiger charge is -2.23. The van der Waals surface area contributed by atoms with Crippen LogP contribution in [0, 0.1) is 11.8 Å². The fourth-order valence-electron chi connectivity index (χ4n) is 1.98. The Morgan fingerprint density at radius 2 is 1.74 bits per heavy atom. The van der Waals surface area contributed by atoms with Crippen molar-refractivity contribution in [2.45, 2.75) is 26.7 Å². The highest BCUT2D eigenvalue weighted by Gasteiger charge is 2.40. The smallest absolute Gasteiger partial charge is 0.328 e. The van der Waals surface area contributed by atoms with Crippen LogP contribution >= 0.6 is 0 Å². The zero-order chi connectivity index (χ0) is 14.3. The van der Waals surface area contributed by atoms with E-state index in [0.717, 1.165) is 6.42 Å². The maximum atomic E-state index is 12.2. The van der Waals surface area contributed by atoms with Crippen molar-refractivity contribution in [1.82, 2.24) is 0 Å². The van der Waals surface area contributed by atoms with Crippen LogP contribution in [-0.2, 0) is 28.6 Å². The van der Waals surface area contributed by atoms with Crippen LogP contribution in [0.4, 0.5) is 0 Å². The lowest BCUT2D eigenvalue weighted by Crippen LogP contribution is -2.40. The van der Waals surface area contributed by atoms with Crippen molar-refractivity contribution in [3.63, 3.8) is 0 Å². The van der Waals surface area contributed by atoms with E-state index in [0.29, 0.717) is 13.0 Å². The molecule has 0 bridgehead atoms. The van der Waals surface area contributed by atoms with Gasteiger partial charge in [0.25, 0.3) is 0 Å². The summed E-state index contributed by atoms with van der Waals surface area (Å²) in [6.07, 6.45) is 1.36. The summed E-state index contributed by atoms with van der Waals surface area (Å²) in [7, 11) is 0. The molecule has 1 fully saturated rings. The first kappa shape index (κ1) is 15.6. The number of carbonyl (C=O) groups is 3. The Bertz CT molecular complexity index is 314. The number of hydrogen-bond acceptors (Lipinski definition) is 6. The van der Waals surface area contributed by atoms with Crippen LogP contribution in [0.3, 0.4) is 0 Å². The van der Waals surface area contributed by atoms with Crippen molar-refractivity contribution in [3.8, 4) is 0 Å². The van der Waals surface area contributed by atoms with Gasteiger partial charge in [0.15, 0.2) is 5.78 Å². The van der Waals surface area contributed by atoms with Gasteiger partial charge in [-0.1, -0.05) is 0 Å². The van der Waals surface area contributed by atoms with E-state index in [1.807, 2.05) is 0 Å². The highest BCUT2D eigenvalue weighted by atomic mass is 16.6. The third-order valence-electron chi connectivity index (χ3n) is 2.89. The first-order valence-electron chi connectivity index (χ1n) is 6.56. The zero-order valence-electron chi connectivity index (χ0n) is 11.3. The van der Waals surface area contributed by atoms with Gasteiger partial charge in [0.1, 0.15) is 0 Å². The minimum atomic E-state index is -1.48. The molecule has 1 unspecified atom stereocenters. The Morgan fingerprint density at radius 1 is 1.16 bits per heavy atom. The molecule has 0 spiro atoms. The molecule has 6 nitrogen and oxygen atoms in total. The second-order valence-electron chi connectivity index (χ2n) is 4.25. The number of Topliss-reactive ketones (excluding diaryl/α,β-unsaturated/α-hetero) is 1. The van der Waals surface area contributed by atoms with Crippen LogP contribution in [0.15, 0.2) is 0 Å². The predicted molar refractivity (Wildman–Crippen MR) is 65.3 cm³/mol. The molecule has 1 saturated heterocycles. The second kappa shape index (κ2) is 7.89. The molecule has 1 aliphatic heterocycles. The molecule has 0 aliphatic carbocycles. The molecule has 0 saturated carbocycles. The van der Waals surface area contributed by atoms with Gasteiger partial charge in [0, 0.05) is 12.5 Å². The van der Waals surface area contributed by atoms with Crippen molar-refractivity contribution < 1.29 is 28.6 Å². The maximum Gasteiger partial charge on any atom is 0.328 e. The van der Waals surface area contributed by atoms with Crippen LogP contribution in [0.25, 0.3) is 0 Å². The van der Waals surface area contributed by atoms with Gasteiger partial charge in [-0.2, -0.15) is 0 Å². The van der Waals surface area contributed by atoms with Gasteiger partial charge in [0.2, 0.25) is 5.92 Å². The molecule has 19 heavy (non-hydrogen) atoms. The third-order valence-corrected chi connectivity index (χ3v) is 2.89. The van der Waals surface area contributed by atoms with E-state index in [4.69, 9.17) is 14.2 Å². The van der Waals surface area contributed by atoms with Crippen LogP contribution in [-0.4, -0.2) is 44.1 Å². The monoisotopic (exact) mass is 272 g/mol. The largest absolute Gasteiger partial charge is 0.465 e. The van der Waals surface area contributed by atoms with Crippen molar-refractivity contribution in [2.24, 2.45) is 11.8 Å². The van der Waals surface area contributed by atoms with Crippen LogP contribution in [0.2, 0.25) is 0 Å². The molecule has 0 aromatic rings. The van der Waals surface area contributed by atoms with Gasteiger partial charge in [-0.25, -0.2) is 0 Å². The van der Waals surface area contributed by atoms with Crippen molar-refractivity contribution in [1.29, 1.82) is 0 Å². The van der Waals surface area contributed by atoms with Gasteiger partial charge in [-0.15, -0.1) is 0 Å². The van der Waals surface area contributed by atoms with Gasteiger partial charge in [0.05, 0.1) is 19.8 Å². The molecule has 0 radical (unpaired) electrons. The highest BCUT2D eigenvalue weighted by Crippen LogP contribution is 2.20. The molecule has 1 rings (SSSR count). The molecule has 0 aromatic carbocycles. The quantitative estimate of drug-likeness (QED) is 0.524. The minimum absolute atomic E-state index is 0.114. The lowest BCUT2D eigenvalue weighted by atomic mass is 9.89. The van der Waals surface area contributed by atoms with Gasteiger partial charge in [-0.3, -0.25) is 14.4 Å². The maximum absolute atomic E-state index is 12.2. The summed E-state index contributed by atoms with van der Waals surface area (Å²) in [5.74, 6) is -4.05. The van der Waals surface area contributed by atoms with Crippen LogP contribution in [0.5, 0.6) is 0 Å². The van der Waals surface area contributed by atoms with Gasteiger partial charge in [-0.05, 0) is 26.7 Å². The van der Waals surface area contributed by atoms with E-state index >= 15 is 0 Å². The number of ether oxygens (including phenoxy) is 3. The average Bonchev–Trinajstić information content (AvgIpc) is 2.40. The Balaban J connectivity index is 2.78. The van der Waals surface area contributed by atoms with Crippen LogP contribution < -0.4 is 0 Å². The molecule has 1 aliphatic rings. The Kier molecular flexibility index (Phi) is 6.49. The summed E-state index contributed by atoms with van der Waals surface area (Å²) >= 11 is 0. The summed E-state index contributed by atoms with van der Waals surface area (Å²) in [6.45, 7) is 4.32. The standard InChI is InChI=1S/C13H20O6/c1-3-18-12(15)10(13(16)19-4-2)11(14)9-6-5-7-17-8-9/h9-10H,3-8H2,1-2H3. The third kappa shape index (κ3) is 4.31. The van der Waals surface area contributed by atoms with E-state index in [-0.39, 0.29) is 19.8 Å². The summed E-state index contributed by atoms with van der Waals surface area (Å²) in [4.78, 5) is 35.8. The lowest BCUT2D eigenvalue weighted by molar-refractivity contribution is -0.165. The van der Waals surface area contributed by atoms with Crippen molar-refractivity contribution >= 4 is 17.7 Å². The summed E-state index contributed by atoms with van der Waals surface area (Å²) in [5.41, 5.74) is 0. The predicted octanol–water partition coefficient (Wildman–Crippen LogP) is 0.724. The number of rotatable bonds is 6. The second-order valence-corrected chi connectivity index (χ2v) is 4.25. The molecule has 1 atom stereocenters. The van der Waals surface area contributed by atoms with Crippen LogP contribution in [0.1, 0.15) is 26.7 Å². The number of carbonyl (C=O) groups excluding carboxylic acids is 3. The fraction of sp³-hybridized carbons (Fsp3) is 0.769. The minimum Gasteiger partial charge on any atom is -0.465 e. The highest BCUT2D eigenvalue weighted by molar-refractivity contribution is 6.15. The first-order chi connectivity index (χ1) is 9.11. The van der Waals surface area contributed by atoms with Crippen molar-refractivity contribution in [3.05, 3.63) is 0 Å². The normalized spacial score (nSPS) is 19.0. The molecule has 6 heteroatoms. The Morgan fingerprint density at radius 3 is 2.16 bits per heavy atom. The summed E-state index contributed by atoms with van der Waals surface area (Å²) < 4.78 is 14.8. The van der Waals surface area contributed by atoms with Crippen molar-refractivity contribution in [2.75, 3.05) is 26.4 Å². The Labute approximate surface area is 112 Å². The fourth-order valence-corrected chi connectivity index (χ4v) is 1.98. The van der Waals surface area contributed by atoms with E-state index in [1.54, 1.807) is 13.8 Å². The zero-order valence-corrected chi connectivity index (χ0v) is 11.3. The van der Waals surface area contributed by atoms with Gasteiger partial charge < -0.3 is 14.2 Å². The SMILES string of the molecule is CCOC(=O)C(C(=O)OCC)C(=O)C1CCCOC1. The van der Waals surface area contributed by atoms with E-state index in [9.17, 15) is 14.4 Å². The summed E-state index contributed by atoms with van der Waals surface area (Å²) in [6, 6.07) is 0. The molecule has 0 amide bonds. The Hall–Kier alpha value is -1.43. The van der Waals surface area contributed by atoms with E-state index in [2.05, 4.69) is 0 Å². The first-order valence-corrected chi connectivity index (χ1v) is 6.56. The molecular formula is C13H20O6. The number of esters is 2. The molecule has 0 N–H and O–H groups in total. The average molecular weight is 272 g/mol. The molecular weight excluding hydrogens is 252 g/mol. The van der Waals surface area contributed by atoms with Gasteiger partial charge >= 0.3 is 11.9 Å². The molecule has 108 valence electrons. The van der Waals surface area contributed by atoms with E-state index < -0.39 is 29.6 Å².